The van der Waals surface area contributed by atoms with Crippen molar-refractivity contribution >= 4 is 18.3 Å². The van der Waals surface area contributed by atoms with Gasteiger partial charge in [-0.1, -0.05) is 24.3 Å². The quantitative estimate of drug-likeness (QED) is 0.884. The molecule has 0 bridgehead atoms. The molecule has 1 heterocycles. The van der Waals surface area contributed by atoms with Gasteiger partial charge in [-0.2, -0.15) is 0 Å². The summed E-state index contributed by atoms with van der Waals surface area (Å²) in [7, 11) is 0. The Morgan fingerprint density at radius 3 is 2.54 bits per heavy atom. The molecule has 26 heavy (non-hydrogen) atoms. The van der Waals surface area contributed by atoms with Gasteiger partial charge >= 0.3 is 0 Å². The maximum atomic E-state index is 13.6. The number of rotatable bonds is 3. The lowest BCUT2D eigenvalue weighted by Gasteiger charge is -2.37. The first-order valence-corrected chi connectivity index (χ1v) is 8.65. The van der Waals surface area contributed by atoms with Gasteiger partial charge in [0.2, 0.25) is 5.91 Å². The first-order valence-electron chi connectivity index (χ1n) is 8.65. The van der Waals surface area contributed by atoms with Crippen molar-refractivity contribution in [3.63, 3.8) is 0 Å². The highest BCUT2D eigenvalue weighted by Crippen LogP contribution is 2.49. The SMILES string of the molecule is Cl.O=C(C1CC1c1ccc(F)cc1)N1CCNCC1c1cccc(F)c1. The summed E-state index contributed by atoms with van der Waals surface area (Å²) >= 11 is 0. The maximum absolute atomic E-state index is 13.6. The van der Waals surface area contributed by atoms with Gasteiger partial charge < -0.3 is 10.2 Å². The number of hydrogen-bond acceptors (Lipinski definition) is 2. The predicted molar refractivity (Wildman–Crippen MR) is 98.2 cm³/mol. The molecule has 1 aliphatic carbocycles. The van der Waals surface area contributed by atoms with Crippen LogP contribution in [0.2, 0.25) is 0 Å². The molecule has 2 aromatic rings. The maximum Gasteiger partial charge on any atom is 0.226 e. The highest BCUT2D eigenvalue weighted by atomic mass is 35.5. The lowest BCUT2D eigenvalue weighted by atomic mass is 10.0. The van der Waals surface area contributed by atoms with Crippen LogP contribution in [0.15, 0.2) is 48.5 Å². The second-order valence-electron chi connectivity index (χ2n) is 6.81. The van der Waals surface area contributed by atoms with Crippen molar-refractivity contribution in [2.24, 2.45) is 5.92 Å². The Labute approximate surface area is 157 Å². The summed E-state index contributed by atoms with van der Waals surface area (Å²) in [6.45, 7) is 1.99. The van der Waals surface area contributed by atoms with Crippen LogP contribution in [0.1, 0.15) is 29.5 Å². The van der Waals surface area contributed by atoms with E-state index in [1.165, 1.54) is 24.3 Å². The molecule has 1 saturated carbocycles. The number of benzene rings is 2. The van der Waals surface area contributed by atoms with E-state index in [-0.39, 0.29) is 47.8 Å². The minimum atomic E-state index is -0.286. The van der Waals surface area contributed by atoms with Crippen LogP contribution >= 0.6 is 12.4 Å². The normalized spacial score (nSPS) is 24.7. The third-order valence-electron chi connectivity index (χ3n) is 5.17. The molecule has 3 nitrogen and oxygen atoms in total. The lowest BCUT2D eigenvalue weighted by molar-refractivity contribution is -0.136. The molecule has 6 heteroatoms. The monoisotopic (exact) mass is 378 g/mol. The van der Waals surface area contributed by atoms with E-state index in [1.54, 1.807) is 18.2 Å². The van der Waals surface area contributed by atoms with Crippen LogP contribution in [-0.4, -0.2) is 30.4 Å². The number of carbonyl (C=O) groups excluding carboxylic acids is 1. The zero-order valence-electron chi connectivity index (χ0n) is 14.2. The highest BCUT2D eigenvalue weighted by Gasteiger charge is 2.47. The Morgan fingerprint density at radius 1 is 1.04 bits per heavy atom. The summed E-state index contributed by atoms with van der Waals surface area (Å²) in [5, 5.41) is 3.29. The molecule has 1 amide bonds. The Bertz CT molecular complexity index is 784. The Hall–Kier alpha value is -1.98. The average molecular weight is 379 g/mol. The fourth-order valence-electron chi connectivity index (χ4n) is 3.74. The van der Waals surface area contributed by atoms with E-state index in [2.05, 4.69) is 5.32 Å². The van der Waals surface area contributed by atoms with E-state index < -0.39 is 0 Å². The van der Waals surface area contributed by atoms with Gasteiger partial charge in [-0.15, -0.1) is 12.4 Å². The van der Waals surface area contributed by atoms with Gasteiger partial charge in [-0.3, -0.25) is 4.79 Å². The van der Waals surface area contributed by atoms with E-state index in [9.17, 15) is 13.6 Å². The Kier molecular flexibility index (Phi) is 5.58. The lowest BCUT2D eigenvalue weighted by Crippen LogP contribution is -2.49. The van der Waals surface area contributed by atoms with Crippen molar-refractivity contribution in [3.05, 3.63) is 71.3 Å². The minimum Gasteiger partial charge on any atom is -0.333 e. The van der Waals surface area contributed by atoms with E-state index in [4.69, 9.17) is 0 Å². The molecule has 0 aromatic heterocycles. The number of nitrogens with zero attached hydrogens (tertiary/aromatic N) is 1. The molecular formula is C20H21ClF2N2O. The fraction of sp³-hybridized carbons (Fsp3) is 0.350. The van der Waals surface area contributed by atoms with E-state index in [0.29, 0.717) is 13.1 Å². The molecule has 0 radical (unpaired) electrons. The van der Waals surface area contributed by atoms with Gasteiger partial charge in [0.1, 0.15) is 11.6 Å². The smallest absolute Gasteiger partial charge is 0.226 e. The van der Waals surface area contributed by atoms with Crippen LogP contribution in [-0.2, 0) is 4.79 Å². The largest absolute Gasteiger partial charge is 0.333 e. The van der Waals surface area contributed by atoms with Crippen LogP contribution in [0.4, 0.5) is 8.78 Å². The van der Waals surface area contributed by atoms with Gasteiger partial charge in [0.25, 0.3) is 0 Å². The first kappa shape index (κ1) is 18.8. The standard InChI is InChI=1S/C20H20F2N2O.ClH/c21-15-6-4-13(5-7-15)17-11-18(17)20(25)24-9-8-23-12-19(24)14-2-1-3-16(22)10-14;/h1-7,10,17-19,23H,8-9,11-12H2;1H. The Balaban J connectivity index is 0.00000196. The van der Waals surface area contributed by atoms with Gasteiger partial charge in [0.15, 0.2) is 0 Å². The second kappa shape index (κ2) is 7.72. The van der Waals surface area contributed by atoms with Gasteiger partial charge in [-0.25, -0.2) is 8.78 Å². The molecule has 1 saturated heterocycles. The summed E-state index contributed by atoms with van der Waals surface area (Å²) in [6.07, 6.45) is 0.796. The van der Waals surface area contributed by atoms with Gasteiger partial charge in [0.05, 0.1) is 6.04 Å². The first-order chi connectivity index (χ1) is 12.1. The summed E-state index contributed by atoms with van der Waals surface area (Å²) < 4.78 is 26.7. The molecule has 3 atom stereocenters. The molecule has 3 unspecified atom stereocenters. The van der Waals surface area contributed by atoms with Crippen LogP contribution in [0.5, 0.6) is 0 Å². The summed E-state index contributed by atoms with van der Waals surface area (Å²) in [6, 6.07) is 12.7. The van der Waals surface area contributed by atoms with Crippen LogP contribution in [0, 0.1) is 17.6 Å². The zero-order chi connectivity index (χ0) is 17.4. The zero-order valence-corrected chi connectivity index (χ0v) is 15.0. The van der Waals surface area contributed by atoms with Crippen molar-refractivity contribution in [3.8, 4) is 0 Å². The fourth-order valence-corrected chi connectivity index (χ4v) is 3.74. The van der Waals surface area contributed by atoms with E-state index >= 15 is 0 Å². The van der Waals surface area contributed by atoms with Crippen LogP contribution in [0.3, 0.4) is 0 Å². The summed E-state index contributed by atoms with van der Waals surface area (Å²) in [5.74, 6) is -0.326. The predicted octanol–water partition coefficient (Wildman–Crippen LogP) is 3.66. The van der Waals surface area contributed by atoms with Crippen molar-refractivity contribution in [1.29, 1.82) is 0 Å². The van der Waals surface area contributed by atoms with Crippen molar-refractivity contribution in [1.82, 2.24) is 10.2 Å². The highest BCUT2D eigenvalue weighted by molar-refractivity contribution is 5.85. The number of amides is 1. The molecular weight excluding hydrogens is 358 g/mol. The topological polar surface area (TPSA) is 32.3 Å². The Morgan fingerprint density at radius 2 is 1.81 bits per heavy atom. The van der Waals surface area contributed by atoms with Crippen LogP contribution < -0.4 is 5.32 Å². The number of carbonyl (C=O) groups is 1. The number of hydrogen-bond donors (Lipinski definition) is 1. The molecule has 1 N–H and O–H groups in total. The molecule has 2 fully saturated rings. The summed E-state index contributed by atoms with van der Waals surface area (Å²) in [5.41, 5.74) is 1.83. The van der Waals surface area contributed by atoms with E-state index in [1.807, 2.05) is 11.0 Å². The summed E-state index contributed by atoms with van der Waals surface area (Å²) in [4.78, 5) is 14.9. The number of halogens is 3. The van der Waals surface area contributed by atoms with Crippen molar-refractivity contribution < 1.29 is 13.6 Å². The second-order valence-corrected chi connectivity index (χ2v) is 6.81. The molecule has 4 rings (SSSR count). The minimum absolute atomic E-state index is 0. The van der Waals surface area contributed by atoms with Crippen LogP contribution in [0.25, 0.3) is 0 Å². The molecule has 138 valence electrons. The van der Waals surface area contributed by atoms with Crippen molar-refractivity contribution in [2.45, 2.75) is 18.4 Å². The van der Waals surface area contributed by atoms with Gasteiger partial charge in [-0.05, 0) is 47.7 Å². The molecule has 2 aliphatic rings. The van der Waals surface area contributed by atoms with Crippen molar-refractivity contribution in [2.75, 3.05) is 19.6 Å². The number of piperazine rings is 1. The molecule has 1 aliphatic heterocycles. The third kappa shape index (κ3) is 3.74. The number of nitrogens with one attached hydrogen (secondary N) is 1. The van der Waals surface area contributed by atoms with E-state index in [0.717, 1.165) is 24.1 Å². The average Bonchev–Trinajstić information content (AvgIpc) is 3.42. The van der Waals surface area contributed by atoms with Gasteiger partial charge in [0, 0.05) is 25.6 Å². The molecule has 2 aromatic carbocycles. The molecule has 0 spiro atoms. The third-order valence-corrected chi connectivity index (χ3v) is 5.17.